The molecule has 0 fully saturated rings. The molecule has 2 aromatic heterocycles. The van der Waals surface area contributed by atoms with Crippen molar-refractivity contribution in [3.63, 3.8) is 0 Å². The van der Waals surface area contributed by atoms with E-state index in [0.29, 0.717) is 29.3 Å². The summed E-state index contributed by atoms with van der Waals surface area (Å²) in [5, 5.41) is 10.4. The van der Waals surface area contributed by atoms with Gasteiger partial charge in [-0.1, -0.05) is 42.5 Å². The van der Waals surface area contributed by atoms with Crippen LogP contribution in [0.4, 0.5) is 5.69 Å². The van der Waals surface area contributed by atoms with Crippen LogP contribution < -0.4 is 10.1 Å². The standard InChI is InChI=1S/C21H18N4O2/c26-21(24-18-10-12-22-20-17(18)14-23-25-20)16-8-4-5-9-19(16)27-13-11-15-6-2-1-3-7-15/h1-10,12,14H,11,13H2,(H2,22,23,24,25,26). The number of H-pyrrole nitrogens is 1. The highest BCUT2D eigenvalue weighted by Gasteiger charge is 2.14. The maximum absolute atomic E-state index is 12.8. The third kappa shape index (κ3) is 3.79. The summed E-state index contributed by atoms with van der Waals surface area (Å²) in [5.41, 5.74) is 2.95. The molecule has 6 heteroatoms. The van der Waals surface area contributed by atoms with E-state index in [1.165, 1.54) is 5.56 Å². The quantitative estimate of drug-likeness (QED) is 0.549. The van der Waals surface area contributed by atoms with Gasteiger partial charge in [0, 0.05) is 12.6 Å². The minimum atomic E-state index is -0.237. The van der Waals surface area contributed by atoms with Crippen LogP contribution in [0.25, 0.3) is 11.0 Å². The van der Waals surface area contributed by atoms with E-state index in [1.807, 2.05) is 30.3 Å². The Morgan fingerprint density at radius 3 is 2.74 bits per heavy atom. The van der Waals surface area contributed by atoms with E-state index < -0.39 is 0 Å². The highest BCUT2D eigenvalue weighted by atomic mass is 16.5. The number of anilines is 1. The van der Waals surface area contributed by atoms with E-state index in [-0.39, 0.29) is 5.91 Å². The number of fused-ring (bicyclic) bond motifs is 1. The minimum Gasteiger partial charge on any atom is -0.492 e. The maximum Gasteiger partial charge on any atom is 0.259 e. The first-order valence-electron chi connectivity index (χ1n) is 8.66. The van der Waals surface area contributed by atoms with E-state index in [9.17, 15) is 4.79 Å². The number of rotatable bonds is 6. The van der Waals surface area contributed by atoms with Crippen LogP contribution >= 0.6 is 0 Å². The van der Waals surface area contributed by atoms with E-state index >= 15 is 0 Å². The zero-order chi connectivity index (χ0) is 18.5. The van der Waals surface area contributed by atoms with Gasteiger partial charge in [-0.15, -0.1) is 0 Å². The fourth-order valence-corrected chi connectivity index (χ4v) is 2.85. The Hall–Kier alpha value is -3.67. The molecule has 2 heterocycles. The highest BCUT2D eigenvalue weighted by molar-refractivity contribution is 6.09. The van der Waals surface area contributed by atoms with Crippen LogP contribution in [0.2, 0.25) is 0 Å². The van der Waals surface area contributed by atoms with Crippen molar-refractivity contribution in [2.45, 2.75) is 6.42 Å². The molecule has 0 saturated carbocycles. The Morgan fingerprint density at radius 1 is 1.04 bits per heavy atom. The van der Waals surface area contributed by atoms with Crippen LogP contribution in [0.3, 0.4) is 0 Å². The first kappa shape index (κ1) is 16.8. The van der Waals surface area contributed by atoms with E-state index in [0.717, 1.165) is 11.8 Å². The van der Waals surface area contributed by atoms with Crippen molar-refractivity contribution in [2.75, 3.05) is 11.9 Å². The van der Waals surface area contributed by atoms with E-state index in [1.54, 1.807) is 30.6 Å². The lowest BCUT2D eigenvalue weighted by molar-refractivity contribution is 0.102. The number of carbonyl (C=O) groups excluding carboxylic acids is 1. The van der Waals surface area contributed by atoms with E-state index in [2.05, 4.69) is 32.6 Å². The summed E-state index contributed by atoms with van der Waals surface area (Å²) in [6.07, 6.45) is 4.04. The number of ether oxygens (including phenoxy) is 1. The number of benzene rings is 2. The van der Waals surface area contributed by atoms with Crippen LogP contribution in [-0.2, 0) is 6.42 Å². The molecular formula is C21H18N4O2. The van der Waals surface area contributed by atoms with Crippen LogP contribution in [0.5, 0.6) is 5.75 Å². The van der Waals surface area contributed by atoms with Crippen molar-refractivity contribution in [1.29, 1.82) is 0 Å². The summed E-state index contributed by atoms with van der Waals surface area (Å²) in [5.74, 6) is 0.322. The molecule has 0 aliphatic carbocycles. The summed E-state index contributed by atoms with van der Waals surface area (Å²) >= 11 is 0. The van der Waals surface area contributed by atoms with Gasteiger partial charge in [0.25, 0.3) is 5.91 Å². The molecule has 0 saturated heterocycles. The van der Waals surface area contributed by atoms with Gasteiger partial charge in [-0.2, -0.15) is 5.10 Å². The van der Waals surface area contributed by atoms with Crippen molar-refractivity contribution in [3.05, 3.63) is 84.2 Å². The molecule has 6 nitrogen and oxygen atoms in total. The summed E-state index contributed by atoms with van der Waals surface area (Å²) in [6, 6.07) is 19.1. The van der Waals surface area contributed by atoms with Crippen molar-refractivity contribution >= 4 is 22.6 Å². The molecule has 4 aromatic rings. The minimum absolute atomic E-state index is 0.237. The largest absolute Gasteiger partial charge is 0.492 e. The van der Waals surface area contributed by atoms with Crippen molar-refractivity contribution < 1.29 is 9.53 Å². The molecule has 134 valence electrons. The van der Waals surface area contributed by atoms with Gasteiger partial charge < -0.3 is 10.1 Å². The summed E-state index contributed by atoms with van der Waals surface area (Å²) in [4.78, 5) is 17.0. The predicted octanol–water partition coefficient (Wildman–Crippen LogP) is 3.83. The molecule has 0 aliphatic rings. The molecule has 0 atom stereocenters. The van der Waals surface area contributed by atoms with Gasteiger partial charge in [-0.05, 0) is 23.8 Å². The summed E-state index contributed by atoms with van der Waals surface area (Å²) < 4.78 is 5.88. The fraction of sp³-hybridized carbons (Fsp3) is 0.0952. The molecule has 0 aliphatic heterocycles. The van der Waals surface area contributed by atoms with Gasteiger partial charge in [0.1, 0.15) is 5.75 Å². The lowest BCUT2D eigenvalue weighted by atomic mass is 10.1. The monoisotopic (exact) mass is 358 g/mol. The van der Waals surface area contributed by atoms with Crippen molar-refractivity contribution in [1.82, 2.24) is 15.2 Å². The van der Waals surface area contributed by atoms with Crippen molar-refractivity contribution in [2.24, 2.45) is 0 Å². The number of nitrogens with zero attached hydrogens (tertiary/aromatic N) is 2. The number of amides is 1. The Balaban J connectivity index is 1.48. The molecule has 2 N–H and O–H groups in total. The van der Waals surface area contributed by atoms with E-state index in [4.69, 9.17) is 4.74 Å². The number of pyridine rings is 1. The van der Waals surface area contributed by atoms with Gasteiger partial charge in [0.2, 0.25) is 0 Å². The molecular weight excluding hydrogens is 340 g/mol. The van der Waals surface area contributed by atoms with Crippen LogP contribution in [0.15, 0.2) is 73.1 Å². The maximum atomic E-state index is 12.8. The number of aromatic amines is 1. The second kappa shape index (κ2) is 7.70. The zero-order valence-corrected chi connectivity index (χ0v) is 14.6. The summed E-state index contributed by atoms with van der Waals surface area (Å²) in [7, 11) is 0. The number of para-hydroxylation sites is 1. The van der Waals surface area contributed by atoms with Gasteiger partial charge in [0.05, 0.1) is 29.4 Å². The lowest BCUT2D eigenvalue weighted by Crippen LogP contribution is -2.14. The molecule has 0 unspecified atom stereocenters. The highest BCUT2D eigenvalue weighted by Crippen LogP contribution is 2.23. The molecule has 27 heavy (non-hydrogen) atoms. The summed E-state index contributed by atoms with van der Waals surface area (Å²) in [6.45, 7) is 0.496. The average Bonchev–Trinajstić information content (AvgIpc) is 3.19. The number of carbonyl (C=O) groups is 1. The number of nitrogens with one attached hydrogen (secondary N) is 2. The van der Waals surface area contributed by atoms with Gasteiger partial charge in [-0.3, -0.25) is 9.89 Å². The lowest BCUT2D eigenvalue weighted by Gasteiger charge is -2.12. The number of hydrogen-bond donors (Lipinski definition) is 2. The molecule has 4 rings (SSSR count). The van der Waals surface area contributed by atoms with Gasteiger partial charge >= 0.3 is 0 Å². The molecule has 0 radical (unpaired) electrons. The fourth-order valence-electron chi connectivity index (χ4n) is 2.85. The Bertz CT molecular complexity index is 1060. The first-order chi connectivity index (χ1) is 13.3. The predicted molar refractivity (Wildman–Crippen MR) is 104 cm³/mol. The smallest absolute Gasteiger partial charge is 0.259 e. The second-order valence-corrected chi connectivity index (χ2v) is 6.03. The van der Waals surface area contributed by atoms with Crippen molar-refractivity contribution in [3.8, 4) is 5.75 Å². The SMILES string of the molecule is O=C(Nc1ccnc2[nH]ncc12)c1ccccc1OCCc1ccccc1. The molecule has 2 aromatic carbocycles. The third-order valence-corrected chi connectivity index (χ3v) is 4.23. The first-order valence-corrected chi connectivity index (χ1v) is 8.66. The third-order valence-electron chi connectivity index (χ3n) is 4.23. The van der Waals surface area contributed by atoms with Gasteiger partial charge in [0.15, 0.2) is 5.65 Å². The van der Waals surface area contributed by atoms with Crippen LogP contribution in [0.1, 0.15) is 15.9 Å². The van der Waals surface area contributed by atoms with Crippen LogP contribution in [-0.4, -0.2) is 27.7 Å². The molecule has 0 spiro atoms. The topological polar surface area (TPSA) is 79.9 Å². The molecule has 0 bridgehead atoms. The normalized spacial score (nSPS) is 10.7. The van der Waals surface area contributed by atoms with Crippen LogP contribution in [0, 0.1) is 0 Å². The second-order valence-electron chi connectivity index (χ2n) is 6.03. The number of aromatic nitrogens is 3. The molecule has 1 amide bonds. The van der Waals surface area contributed by atoms with Gasteiger partial charge in [-0.25, -0.2) is 4.98 Å². The zero-order valence-electron chi connectivity index (χ0n) is 14.6. The average molecular weight is 358 g/mol. The Kier molecular flexibility index (Phi) is 4.78. The Labute approximate surface area is 156 Å². The number of hydrogen-bond acceptors (Lipinski definition) is 4. The Morgan fingerprint density at radius 2 is 1.85 bits per heavy atom.